The van der Waals surface area contributed by atoms with Gasteiger partial charge in [-0.3, -0.25) is 0 Å². The predicted octanol–water partition coefficient (Wildman–Crippen LogP) is 6.41. The topological polar surface area (TPSA) is 71.3 Å². The summed E-state index contributed by atoms with van der Waals surface area (Å²) >= 11 is 13.0. The van der Waals surface area contributed by atoms with E-state index in [-0.39, 0.29) is 10.9 Å². The van der Waals surface area contributed by atoms with E-state index < -0.39 is 22.2 Å². The van der Waals surface area contributed by atoms with Crippen molar-refractivity contribution in [1.29, 1.82) is 0 Å². The van der Waals surface area contributed by atoms with E-state index in [0.29, 0.717) is 11.4 Å². The van der Waals surface area contributed by atoms with Crippen molar-refractivity contribution in [3.8, 4) is 0 Å². The van der Waals surface area contributed by atoms with Gasteiger partial charge in [0.15, 0.2) is 0 Å². The molecule has 172 valence electrons. The number of halogens is 3. The van der Waals surface area contributed by atoms with E-state index in [1.165, 1.54) is 12.1 Å². The number of benzene rings is 3. The fourth-order valence-corrected chi connectivity index (χ4v) is 6.94. The molecule has 2 N–H and O–H groups in total. The largest absolute Gasteiger partial charge is 0.389 e. The van der Waals surface area contributed by atoms with Crippen LogP contribution in [-0.2, 0) is 10.0 Å². The van der Waals surface area contributed by atoms with Crippen LogP contribution in [0.1, 0.15) is 25.3 Å². The van der Waals surface area contributed by atoms with Gasteiger partial charge in [0.2, 0.25) is 10.0 Å². The zero-order valence-corrected chi connectivity index (χ0v) is 22.1. The summed E-state index contributed by atoms with van der Waals surface area (Å²) in [7, 11) is -3.79. The van der Waals surface area contributed by atoms with Crippen LogP contribution < -0.4 is 4.72 Å². The molecular weight excluding hydrogens is 592 g/mol. The van der Waals surface area contributed by atoms with Gasteiger partial charge in [-0.05, 0) is 79.9 Å². The highest BCUT2D eigenvalue weighted by Crippen LogP contribution is 2.40. The SMILES string of the molecule is O=S(=O)(N[C@@H]1CCC[C@H](n2c3ccc(Br)cc3c3cc(Br)ccc32)[C@H]1O)c1ccc(Cl)cc1. The zero-order valence-electron chi connectivity index (χ0n) is 17.4. The van der Waals surface area contributed by atoms with Gasteiger partial charge >= 0.3 is 0 Å². The summed E-state index contributed by atoms with van der Waals surface area (Å²) in [6.07, 6.45) is 1.24. The highest BCUT2D eigenvalue weighted by atomic mass is 79.9. The minimum Gasteiger partial charge on any atom is -0.389 e. The van der Waals surface area contributed by atoms with E-state index in [9.17, 15) is 13.5 Å². The Morgan fingerprint density at radius 2 is 1.48 bits per heavy atom. The Bertz CT molecular complexity index is 1400. The Morgan fingerprint density at radius 3 is 2.06 bits per heavy atom. The van der Waals surface area contributed by atoms with Gasteiger partial charge in [-0.2, -0.15) is 0 Å². The molecule has 0 amide bonds. The molecule has 0 bridgehead atoms. The molecule has 0 aliphatic heterocycles. The van der Waals surface area contributed by atoms with Crippen LogP contribution in [0.3, 0.4) is 0 Å². The van der Waals surface area contributed by atoms with Gasteiger partial charge in [-0.25, -0.2) is 13.1 Å². The zero-order chi connectivity index (χ0) is 23.3. The molecule has 9 heteroatoms. The summed E-state index contributed by atoms with van der Waals surface area (Å²) in [5.41, 5.74) is 2.02. The molecule has 3 atom stereocenters. The lowest BCUT2D eigenvalue weighted by molar-refractivity contribution is 0.0547. The molecule has 1 heterocycles. The van der Waals surface area contributed by atoms with Crippen LogP contribution in [0.25, 0.3) is 21.8 Å². The molecule has 1 fully saturated rings. The number of rotatable bonds is 4. The Morgan fingerprint density at radius 1 is 0.909 bits per heavy atom. The molecule has 1 saturated carbocycles. The van der Waals surface area contributed by atoms with Gasteiger partial charge in [0.25, 0.3) is 0 Å². The number of nitrogens with one attached hydrogen (secondary N) is 1. The van der Waals surface area contributed by atoms with Crippen LogP contribution in [0.4, 0.5) is 0 Å². The second kappa shape index (κ2) is 8.98. The van der Waals surface area contributed by atoms with E-state index in [0.717, 1.165) is 43.6 Å². The number of nitrogens with zero attached hydrogens (tertiary/aromatic N) is 1. The van der Waals surface area contributed by atoms with E-state index in [4.69, 9.17) is 11.6 Å². The van der Waals surface area contributed by atoms with Gasteiger partial charge in [-0.1, -0.05) is 43.5 Å². The van der Waals surface area contributed by atoms with Gasteiger partial charge in [-0.15, -0.1) is 0 Å². The molecule has 0 saturated heterocycles. The second-order valence-corrected chi connectivity index (χ2v) is 12.3. The molecule has 1 aliphatic rings. The van der Waals surface area contributed by atoms with Gasteiger partial charge < -0.3 is 9.67 Å². The number of aromatic nitrogens is 1. The minimum atomic E-state index is -3.79. The first-order valence-corrected chi connectivity index (χ1v) is 14.0. The monoisotopic (exact) mass is 610 g/mol. The van der Waals surface area contributed by atoms with Crippen LogP contribution in [0.2, 0.25) is 5.02 Å². The van der Waals surface area contributed by atoms with Crippen LogP contribution in [0.15, 0.2) is 74.5 Å². The summed E-state index contributed by atoms with van der Waals surface area (Å²) in [6.45, 7) is 0. The first-order chi connectivity index (χ1) is 15.7. The predicted molar refractivity (Wildman–Crippen MR) is 139 cm³/mol. The summed E-state index contributed by atoms with van der Waals surface area (Å²) in [4.78, 5) is 0.132. The van der Waals surface area contributed by atoms with Crippen molar-refractivity contribution in [3.05, 3.63) is 74.6 Å². The molecule has 0 unspecified atom stereocenters. The molecule has 1 aliphatic carbocycles. The maximum atomic E-state index is 13.0. The maximum Gasteiger partial charge on any atom is 0.240 e. The van der Waals surface area contributed by atoms with Crippen molar-refractivity contribution in [3.63, 3.8) is 0 Å². The van der Waals surface area contributed by atoms with Crippen LogP contribution >= 0.6 is 43.5 Å². The summed E-state index contributed by atoms with van der Waals surface area (Å²) in [6, 6.07) is 17.4. The Hall–Kier alpha value is -1.42. The lowest BCUT2D eigenvalue weighted by atomic mass is 9.88. The first kappa shape index (κ1) is 23.3. The summed E-state index contributed by atoms with van der Waals surface area (Å²) in [5, 5.41) is 14.0. The number of hydrogen-bond donors (Lipinski definition) is 2. The van der Waals surface area contributed by atoms with Crippen molar-refractivity contribution in [2.24, 2.45) is 0 Å². The van der Waals surface area contributed by atoms with E-state index in [1.807, 2.05) is 24.3 Å². The number of aliphatic hydroxyl groups excluding tert-OH is 1. The van der Waals surface area contributed by atoms with Crippen molar-refractivity contribution in [2.45, 2.75) is 42.3 Å². The molecule has 0 spiro atoms. The Kier molecular flexibility index (Phi) is 6.35. The number of fused-ring (bicyclic) bond motifs is 3. The van der Waals surface area contributed by atoms with Crippen molar-refractivity contribution in [2.75, 3.05) is 0 Å². The van der Waals surface area contributed by atoms with Crippen LogP contribution in [0.5, 0.6) is 0 Å². The van der Waals surface area contributed by atoms with Crippen molar-refractivity contribution < 1.29 is 13.5 Å². The highest BCUT2D eigenvalue weighted by molar-refractivity contribution is 9.10. The maximum absolute atomic E-state index is 13.0. The van der Waals surface area contributed by atoms with Crippen LogP contribution in [0, 0.1) is 0 Å². The number of hydrogen-bond acceptors (Lipinski definition) is 3. The lowest BCUT2D eigenvalue weighted by Gasteiger charge is -2.36. The minimum absolute atomic E-state index is 0.132. The molecular formula is C24H21Br2ClN2O3S. The first-order valence-electron chi connectivity index (χ1n) is 10.6. The molecule has 33 heavy (non-hydrogen) atoms. The standard InChI is InChI=1S/C24H21Br2ClN2O3S/c25-14-4-10-21-18(12-14)19-13-15(26)5-11-22(19)29(21)23-3-1-2-20(24(23)30)28-33(31,32)17-8-6-16(27)7-9-17/h4-13,20,23-24,28,30H,1-3H2/t20-,23+,24+/m1/s1. The smallest absolute Gasteiger partial charge is 0.240 e. The Labute approximate surface area is 214 Å². The fraction of sp³-hybridized carbons (Fsp3) is 0.250. The molecule has 4 aromatic rings. The third kappa shape index (κ3) is 4.37. The molecule has 5 rings (SSSR count). The quantitative estimate of drug-likeness (QED) is 0.280. The summed E-state index contributed by atoms with van der Waals surface area (Å²) in [5.74, 6) is 0. The molecule has 3 aromatic carbocycles. The normalized spacial score (nSPS) is 21.6. The molecule has 1 aromatic heterocycles. The van der Waals surface area contributed by atoms with Crippen molar-refractivity contribution >= 4 is 75.3 Å². The number of sulfonamides is 1. The van der Waals surface area contributed by atoms with E-state index in [2.05, 4.69) is 53.3 Å². The lowest BCUT2D eigenvalue weighted by Crippen LogP contribution is -2.49. The van der Waals surface area contributed by atoms with Gasteiger partial charge in [0.05, 0.1) is 23.1 Å². The highest BCUT2D eigenvalue weighted by Gasteiger charge is 2.37. The molecule has 0 radical (unpaired) electrons. The van der Waals surface area contributed by atoms with E-state index >= 15 is 0 Å². The Balaban J connectivity index is 1.54. The van der Waals surface area contributed by atoms with Crippen LogP contribution in [-0.4, -0.2) is 30.2 Å². The van der Waals surface area contributed by atoms with Gasteiger partial charge in [0.1, 0.15) is 0 Å². The second-order valence-electron chi connectivity index (χ2n) is 8.36. The van der Waals surface area contributed by atoms with E-state index in [1.54, 1.807) is 12.1 Å². The summed E-state index contributed by atoms with van der Waals surface area (Å²) < 4.78 is 32.8. The third-order valence-corrected chi connectivity index (χ3v) is 9.05. The van der Waals surface area contributed by atoms with Crippen molar-refractivity contribution in [1.82, 2.24) is 9.29 Å². The average Bonchev–Trinajstić information content (AvgIpc) is 3.08. The average molecular weight is 613 g/mol. The fourth-order valence-electron chi connectivity index (χ4n) is 4.80. The third-order valence-electron chi connectivity index (χ3n) is 6.31. The number of aliphatic hydroxyl groups is 1. The molecule has 5 nitrogen and oxygen atoms in total. The van der Waals surface area contributed by atoms with Gasteiger partial charge in [0, 0.05) is 35.8 Å².